The maximum Gasteiger partial charge on any atom is 0.279 e. The van der Waals surface area contributed by atoms with Gasteiger partial charge in [0.25, 0.3) is 11.1 Å². The van der Waals surface area contributed by atoms with Crippen LogP contribution in [-0.4, -0.2) is 56.6 Å². The summed E-state index contributed by atoms with van der Waals surface area (Å²) < 4.78 is 7.05. The number of hydrogen-bond acceptors (Lipinski definition) is 6. The van der Waals surface area contributed by atoms with Crippen LogP contribution in [0.5, 0.6) is 10.9 Å². The first-order valence-electron chi connectivity index (χ1n) is 10.3. The van der Waals surface area contributed by atoms with Gasteiger partial charge in [-0.05, 0) is 50.1 Å². The van der Waals surface area contributed by atoms with E-state index in [0.717, 1.165) is 35.5 Å². The molecule has 2 aromatic carbocycles. The van der Waals surface area contributed by atoms with Crippen molar-refractivity contribution in [3.8, 4) is 10.9 Å². The Morgan fingerprint density at radius 1 is 1.17 bits per heavy atom. The van der Waals surface area contributed by atoms with E-state index in [2.05, 4.69) is 22.0 Å². The predicted molar refractivity (Wildman–Crippen MR) is 117 cm³/mol. The zero-order valence-electron chi connectivity index (χ0n) is 17.1. The number of benzene rings is 2. The van der Waals surface area contributed by atoms with Crippen LogP contribution >= 0.6 is 11.3 Å². The molecule has 0 aliphatic carbocycles. The van der Waals surface area contributed by atoms with Crippen LogP contribution in [0.4, 0.5) is 0 Å². The molecule has 1 amide bonds. The van der Waals surface area contributed by atoms with Crippen molar-refractivity contribution in [2.75, 3.05) is 13.1 Å². The highest BCUT2D eigenvalue weighted by molar-refractivity contribution is 7.20. The number of piperazine rings is 1. The molecule has 2 atom stereocenters. The average Bonchev–Trinajstić information content (AvgIpc) is 3.41. The number of aromatic nitrogens is 1. The lowest BCUT2D eigenvalue weighted by molar-refractivity contribution is -0.150. The number of ether oxygens (including phenoxy) is 1. The largest absolute Gasteiger partial charge is 0.431 e. The Morgan fingerprint density at radius 2 is 1.93 bits per heavy atom. The summed E-state index contributed by atoms with van der Waals surface area (Å²) in [6.45, 7) is 5.55. The van der Waals surface area contributed by atoms with Gasteiger partial charge in [-0.15, -0.1) is 0 Å². The van der Waals surface area contributed by atoms with Gasteiger partial charge in [0.1, 0.15) is 11.4 Å². The normalized spacial score (nSPS) is 21.5. The van der Waals surface area contributed by atoms with Gasteiger partial charge in [0.2, 0.25) is 0 Å². The second-order valence-electron chi connectivity index (χ2n) is 8.68. The fourth-order valence-electron chi connectivity index (χ4n) is 4.44. The number of nitrogens with zero attached hydrogens (tertiary/aromatic N) is 3. The first kappa shape index (κ1) is 19.5. The monoisotopic (exact) mass is 423 g/mol. The van der Waals surface area contributed by atoms with E-state index in [1.807, 2.05) is 41.3 Å². The number of aliphatic hydroxyl groups is 1. The molecular weight excluding hydrogens is 398 g/mol. The Bertz CT molecular complexity index is 1040. The smallest absolute Gasteiger partial charge is 0.279 e. The maximum atomic E-state index is 12.4. The molecule has 2 saturated heterocycles. The van der Waals surface area contributed by atoms with Crippen LogP contribution in [0.25, 0.3) is 10.2 Å². The quantitative estimate of drug-likeness (QED) is 0.679. The topological polar surface area (TPSA) is 65.9 Å². The molecule has 3 aromatic rings. The van der Waals surface area contributed by atoms with Crippen molar-refractivity contribution < 1.29 is 14.6 Å². The van der Waals surface area contributed by atoms with Gasteiger partial charge in [-0.2, -0.15) is 0 Å². The van der Waals surface area contributed by atoms with E-state index in [1.54, 1.807) is 25.2 Å². The standard InChI is InChI=1S/C23H25N3O3S/c1-23(2,28)21(27)26-14-16-11-17(26)13-25(16)12-15-7-9-18(10-8-15)29-22-24-19-5-3-4-6-20(19)30-22/h3-10,16-17,28H,11-14H2,1-2H3/t16-,17+/m1/s1. The summed E-state index contributed by atoms with van der Waals surface area (Å²) in [5, 5.41) is 10.7. The molecule has 0 unspecified atom stereocenters. The second-order valence-corrected chi connectivity index (χ2v) is 9.68. The van der Waals surface area contributed by atoms with Gasteiger partial charge in [-0.1, -0.05) is 35.6 Å². The fourth-order valence-corrected chi connectivity index (χ4v) is 5.27. The lowest BCUT2D eigenvalue weighted by Gasteiger charge is -2.36. The molecule has 1 N–H and O–H groups in total. The fraction of sp³-hybridized carbons (Fsp3) is 0.391. The molecule has 2 aliphatic heterocycles. The Labute approximate surface area is 179 Å². The van der Waals surface area contributed by atoms with Crippen molar-refractivity contribution >= 4 is 27.5 Å². The molecule has 3 heterocycles. The summed E-state index contributed by atoms with van der Waals surface area (Å²) in [5.41, 5.74) is 0.879. The number of likely N-dealkylation sites (tertiary alicyclic amines) is 2. The van der Waals surface area contributed by atoms with E-state index in [0.29, 0.717) is 17.8 Å². The van der Waals surface area contributed by atoms with E-state index >= 15 is 0 Å². The molecule has 2 fully saturated rings. The third kappa shape index (κ3) is 3.69. The van der Waals surface area contributed by atoms with Gasteiger partial charge in [0, 0.05) is 31.7 Å². The Balaban J connectivity index is 1.20. The molecular formula is C23H25N3O3S. The minimum absolute atomic E-state index is 0.161. The second kappa shape index (κ2) is 7.34. The Morgan fingerprint density at radius 3 is 2.60 bits per heavy atom. The van der Waals surface area contributed by atoms with Crippen LogP contribution in [0.2, 0.25) is 0 Å². The number of para-hydroxylation sites is 1. The molecule has 0 spiro atoms. The van der Waals surface area contributed by atoms with Crippen LogP contribution in [0.3, 0.4) is 0 Å². The highest BCUT2D eigenvalue weighted by Crippen LogP contribution is 2.34. The molecule has 1 aromatic heterocycles. The minimum Gasteiger partial charge on any atom is -0.431 e. The number of fused-ring (bicyclic) bond motifs is 3. The van der Waals surface area contributed by atoms with Crippen molar-refractivity contribution in [3.05, 3.63) is 54.1 Å². The summed E-state index contributed by atoms with van der Waals surface area (Å²) in [4.78, 5) is 21.2. The van der Waals surface area contributed by atoms with Crippen molar-refractivity contribution in [3.63, 3.8) is 0 Å². The zero-order chi connectivity index (χ0) is 20.9. The van der Waals surface area contributed by atoms with Gasteiger partial charge in [0.05, 0.1) is 10.2 Å². The number of carbonyl (C=O) groups is 1. The Kier molecular flexibility index (Phi) is 4.76. The SMILES string of the molecule is CC(C)(O)C(=O)N1C[C@H]2C[C@H]1CN2Cc1ccc(Oc2nc3ccccc3s2)cc1. The first-order chi connectivity index (χ1) is 14.4. The molecule has 2 aliphatic rings. The molecule has 5 rings (SSSR count). The van der Waals surface area contributed by atoms with Gasteiger partial charge in [-0.25, -0.2) is 4.98 Å². The number of rotatable bonds is 5. The predicted octanol–water partition coefficient (Wildman–Crippen LogP) is 3.64. The summed E-state index contributed by atoms with van der Waals surface area (Å²) >= 11 is 1.54. The van der Waals surface area contributed by atoms with Crippen molar-refractivity contribution in [1.29, 1.82) is 0 Å². The van der Waals surface area contributed by atoms with E-state index in [9.17, 15) is 9.90 Å². The number of amides is 1. The number of carbonyl (C=O) groups excluding carboxylic acids is 1. The molecule has 156 valence electrons. The van der Waals surface area contributed by atoms with Crippen LogP contribution in [0.1, 0.15) is 25.8 Å². The van der Waals surface area contributed by atoms with Gasteiger partial charge in [-0.3, -0.25) is 9.69 Å². The maximum absolute atomic E-state index is 12.4. The van der Waals surface area contributed by atoms with Crippen LogP contribution < -0.4 is 4.74 Å². The zero-order valence-corrected chi connectivity index (χ0v) is 17.9. The molecule has 6 nitrogen and oxygen atoms in total. The van der Waals surface area contributed by atoms with E-state index in [4.69, 9.17) is 4.74 Å². The number of thiazole rings is 1. The summed E-state index contributed by atoms with van der Waals surface area (Å²) in [6.07, 6.45) is 0.987. The van der Waals surface area contributed by atoms with Crippen LogP contribution in [0.15, 0.2) is 48.5 Å². The highest BCUT2D eigenvalue weighted by atomic mass is 32.1. The first-order valence-corrected chi connectivity index (χ1v) is 11.1. The molecule has 7 heteroatoms. The summed E-state index contributed by atoms with van der Waals surface area (Å²) in [7, 11) is 0. The van der Waals surface area contributed by atoms with Crippen molar-refractivity contribution in [1.82, 2.24) is 14.8 Å². The lowest BCUT2D eigenvalue weighted by Crippen LogP contribution is -2.53. The third-order valence-electron chi connectivity index (χ3n) is 5.93. The molecule has 2 bridgehead atoms. The molecule has 0 radical (unpaired) electrons. The van der Waals surface area contributed by atoms with Crippen LogP contribution in [0, 0.1) is 0 Å². The summed E-state index contributed by atoms with van der Waals surface area (Å²) in [6, 6.07) is 16.7. The minimum atomic E-state index is -1.30. The lowest BCUT2D eigenvalue weighted by atomic mass is 10.1. The average molecular weight is 424 g/mol. The van der Waals surface area contributed by atoms with Gasteiger partial charge in [0.15, 0.2) is 0 Å². The van der Waals surface area contributed by atoms with Crippen LogP contribution in [-0.2, 0) is 11.3 Å². The highest BCUT2D eigenvalue weighted by Gasteiger charge is 2.47. The van der Waals surface area contributed by atoms with Crippen molar-refractivity contribution in [2.24, 2.45) is 0 Å². The molecule has 30 heavy (non-hydrogen) atoms. The number of hydrogen-bond donors (Lipinski definition) is 1. The van der Waals surface area contributed by atoms with Crippen molar-refractivity contribution in [2.45, 2.75) is 44.5 Å². The van der Waals surface area contributed by atoms with E-state index in [-0.39, 0.29) is 11.9 Å². The molecule has 0 saturated carbocycles. The van der Waals surface area contributed by atoms with E-state index in [1.165, 1.54) is 5.56 Å². The third-order valence-corrected chi connectivity index (χ3v) is 6.84. The van der Waals surface area contributed by atoms with Gasteiger partial charge >= 0.3 is 0 Å². The summed E-state index contributed by atoms with van der Waals surface area (Å²) in [5.74, 6) is 0.619. The Hall–Kier alpha value is -2.48. The van der Waals surface area contributed by atoms with E-state index < -0.39 is 5.60 Å². The van der Waals surface area contributed by atoms with Gasteiger partial charge < -0.3 is 14.7 Å².